The first-order valence-electron chi connectivity index (χ1n) is 11.8. The molecular weight excluding hydrogens is 414 g/mol. The predicted molar refractivity (Wildman–Crippen MR) is 130 cm³/mol. The summed E-state index contributed by atoms with van der Waals surface area (Å²) in [5.41, 5.74) is 2.99. The molecule has 2 bridgehead atoms. The van der Waals surface area contributed by atoms with E-state index in [9.17, 15) is 9.59 Å². The van der Waals surface area contributed by atoms with E-state index in [-0.39, 0.29) is 37.3 Å². The molecule has 5 nitrogen and oxygen atoms in total. The maximum atomic E-state index is 12.5. The van der Waals surface area contributed by atoms with Gasteiger partial charge in [-0.25, -0.2) is 0 Å². The first kappa shape index (κ1) is 24.7. The molecule has 5 heteroatoms. The summed E-state index contributed by atoms with van der Waals surface area (Å²) < 4.78 is 11.3. The third-order valence-corrected chi connectivity index (χ3v) is 6.01. The molecule has 0 saturated heterocycles. The third kappa shape index (κ3) is 7.03. The lowest BCUT2D eigenvalue weighted by atomic mass is 9.86. The van der Waals surface area contributed by atoms with Crippen LogP contribution < -0.4 is 4.74 Å². The fraction of sp³-hybridized carbons (Fsp3) is 0.429. The van der Waals surface area contributed by atoms with E-state index >= 15 is 0 Å². The summed E-state index contributed by atoms with van der Waals surface area (Å²) in [6.07, 6.45) is 4.43. The number of benzene rings is 2. The van der Waals surface area contributed by atoms with Gasteiger partial charge in [-0.05, 0) is 63.9 Å². The molecule has 0 saturated carbocycles. The van der Waals surface area contributed by atoms with Crippen LogP contribution in [0.25, 0.3) is 0 Å². The molecule has 33 heavy (non-hydrogen) atoms. The van der Waals surface area contributed by atoms with E-state index in [0.29, 0.717) is 17.8 Å². The number of fused-ring (bicyclic) bond motifs is 9. The number of carbonyl (C=O) groups excluding carboxylic acids is 2. The zero-order chi connectivity index (χ0) is 23.8. The van der Waals surface area contributed by atoms with Crippen LogP contribution in [-0.2, 0) is 20.9 Å². The van der Waals surface area contributed by atoms with Crippen molar-refractivity contribution in [3.8, 4) is 5.75 Å². The average Bonchev–Trinajstić information content (AvgIpc) is 2.80. The molecule has 2 aromatic carbocycles. The molecule has 0 fully saturated rings. The van der Waals surface area contributed by atoms with E-state index in [1.54, 1.807) is 12.2 Å². The van der Waals surface area contributed by atoms with Crippen molar-refractivity contribution < 1.29 is 19.1 Å². The van der Waals surface area contributed by atoms with Gasteiger partial charge >= 0.3 is 11.9 Å². The molecule has 0 amide bonds. The predicted octanol–water partition coefficient (Wildman–Crippen LogP) is 5.63. The molecule has 0 aromatic heterocycles. The number of carbonyl (C=O) groups is 2. The Morgan fingerprint density at radius 1 is 0.879 bits per heavy atom. The van der Waals surface area contributed by atoms with E-state index < -0.39 is 0 Å². The quantitative estimate of drug-likeness (QED) is 0.312. The normalized spacial score (nSPS) is 15.7. The van der Waals surface area contributed by atoms with Crippen molar-refractivity contribution in [2.24, 2.45) is 0 Å². The zero-order valence-electron chi connectivity index (χ0n) is 20.1. The number of hydrogen-bond donors (Lipinski definition) is 0. The minimum Gasteiger partial charge on any atom is -0.461 e. The van der Waals surface area contributed by atoms with Crippen LogP contribution in [0.2, 0.25) is 0 Å². The molecule has 2 heterocycles. The van der Waals surface area contributed by atoms with Crippen LogP contribution in [0.4, 0.5) is 0 Å². The highest BCUT2D eigenvalue weighted by Gasteiger charge is 2.23. The maximum Gasteiger partial charge on any atom is 0.315 e. The molecule has 2 aromatic rings. The van der Waals surface area contributed by atoms with Crippen LogP contribution in [0, 0.1) is 0 Å². The van der Waals surface area contributed by atoms with Gasteiger partial charge in [0, 0.05) is 23.6 Å². The van der Waals surface area contributed by atoms with E-state index in [4.69, 9.17) is 9.47 Å². The van der Waals surface area contributed by atoms with Crippen molar-refractivity contribution in [3.63, 3.8) is 0 Å². The van der Waals surface area contributed by atoms with Crippen LogP contribution in [0.5, 0.6) is 5.75 Å². The number of ether oxygens (including phenoxy) is 2. The Morgan fingerprint density at radius 2 is 1.55 bits per heavy atom. The first-order chi connectivity index (χ1) is 15.8. The summed E-state index contributed by atoms with van der Waals surface area (Å²) in [6.45, 7) is 9.97. The van der Waals surface area contributed by atoms with Gasteiger partial charge in [0.2, 0.25) is 0 Å². The Labute approximate surface area is 197 Å². The van der Waals surface area contributed by atoms with E-state index in [0.717, 1.165) is 24.1 Å². The summed E-state index contributed by atoms with van der Waals surface area (Å²) in [4.78, 5) is 27.0. The summed E-state index contributed by atoms with van der Waals surface area (Å²) in [6, 6.07) is 16.9. The van der Waals surface area contributed by atoms with Gasteiger partial charge in [0.05, 0.1) is 12.8 Å². The minimum atomic E-state index is -0.342. The molecule has 0 N–H and O–H groups in total. The monoisotopic (exact) mass is 449 g/mol. The van der Waals surface area contributed by atoms with Crippen LogP contribution in [0.15, 0.2) is 60.7 Å². The Kier molecular flexibility index (Phi) is 8.84. The molecule has 176 valence electrons. The Balaban J connectivity index is 2.02. The molecule has 0 radical (unpaired) electrons. The number of nitrogens with zero attached hydrogens (tertiary/aromatic N) is 1. The summed E-state index contributed by atoms with van der Waals surface area (Å²) in [5, 5.41) is 0. The Morgan fingerprint density at radius 3 is 2.21 bits per heavy atom. The molecule has 1 atom stereocenters. The Bertz CT molecular complexity index is 957. The highest BCUT2D eigenvalue weighted by Crippen LogP contribution is 2.36. The number of esters is 2. The fourth-order valence-electron chi connectivity index (χ4n) is 4.38. The lowest BCUT2D eigenvalue weighted by Crippen LogP contribution is -2.38. The van der Waals surface area contributed by atoms with Gasteiger partial charge < -0.3 is 9.47 Å². The second-order valence-corrected chi connectivity index (χ2v) is 9.06. The Hall–Kier alpha value is -2.92. The van der Waals surface area contributed by atoms with Crippen LogP contribution in [-0.4, -0.2) is 35.5 Å². The van der Waals surface area contributed by atoms with Crippen molar-refractivity contribution in [1.82, 2.24) is 4.90 Å². The summed E-state index contributed by atoms with van der Waals surface area (Å²) >= 11 is 0. The summed E-state index contributed by atoms with van der Waals surface area (Å²) in [7, 11) is 0. The second kappa shape index (κ2) is 11.8. The van der Waals surface area contributed by atoms with Gasteiger partial charge in [0.25, 0.3) is 0 Å². The third-order valence-electron chi connectivity index (χ3n) is 6.01. The lowest BCUT2D eigenvalue weighted by molar-refractivity contribution is -0.144. The lowest BCUT2D eigenvalue weighted by Gasteiger charge is -2.32. The average molecular weight is 450 g/mol. The highest BCUT2D eigenvalue weighted by molar-refractivity contribution is 5.75. The van der Waals surface area contributed by atoms with Crippen molar-refractivity contribution in [2.75, 3.05) is 6.54 Å². The largest absolute Gasteiger partial charge is 0.461 e. The van der Waals surface area contributed by atoms with Crippen molar-refractivity contribution in [2.45, 2.75) is 71.6 Å². The van der Waals surface area contributed by atoms with E-state index in [1.807, 2.05) is 36.4 Å². The maximum absolute atomic E-state index is 12.5. The van der Waals surface area contributed by atoms with Crippen LogP contribution in [0.3, 0.4) is 0 Å². The number of rotatable bonds is 7. The first-order valence-corrected chi connectivity index (χ1v) is 11.8. The molecule has 1 unspecified atom stereocenters. The summed E-state index contributed by atoms with van der Waals surface area (Å²) in [5.74, 6) is -0.0539. The zero-order valence-corrected chi connectivity index (χ0v) is 20.1. The smallest absolute Gasteiger partial charge is 0.315 e. The van der Waals surface area contributed by atoms with Gasteiger partial charge in [-0.3, -0.25) is 14.5 Å². The van der Waals surface area contributed by atoms with E-state index in [2.05, 4.69) is 44.7 Å². The van der Waals surface area contributed by atoms with Gasteiger partial charge in [0.1, 0.15) is 12.4 Å². The molecule has 2 aliphatic rings. The van der Waals surface area contributed by atoms with Crippen molar-refractivity contribution in [1.29, 1.82) is 0 Å². The molecule has 2 aliphatic heterocycles. The van der Waals surface area contributed by atoms with Gasteiger partial charge in [-0.15, -0.1) is 0 Å². The molecule has 0 aliphatic carbocycles. The highest BCUT2D eigenvalue weighted by atomic mass is 16.5. The van der Waals surface area contributed by atoms with Gasteiger partial charge in [0.15, 0.2) is 0 Å². The molecule has 0 spiro atoms. The topological polar surface area (TPSA) is 55.8 Å². The van der Waals surface area contributed by atoms with Gasteiger partial charge in [-0.2, -0.15) is 0 Å². The van der Waals surface area contributed by atoms with Gasteiger partial charge in [-0.1, -0.05) is 48.6 Å². The number of hydrogen-bond acceptors (Lipinski definition) is 5. The molecule has 4 rings (SSSR count). The van der Waals surface area contributed by atoms with Crippen molar-refractivity contribution in [3.05, 3.63) is 77.4 Å². The second-order valence-electron chi connectivity index (χ2n) is 9.06. The van der Waals surface area contributed by atoms with E-state index in [1.165, 1.54) is 5.56 Å². The van der Waals surface area contributed by atoms with Crippen LogP contribution in [0.1, 0.15) is 69.6 Å². The van der Waals surface area contributed by atoms with Crippen molar-refractivity contribution >= 4 is 11.9 Å². The SMILES string of the molecule is CC(C)N(CCC(c1ccccc1)c1cc2ccc1OC(=O)CC=CCC(=O)OC2)C(C)C. The minimum absolute atomic E-state index is 0.0327. The van der Waals surface area contributed by atoms with Crippen LogP contribution >= 0.6 is 0 Å². The standard InChI is InChI=1S/C28H35NO4/c1-20(2)29(21(3)4)17-16-24(23-10-6-5-7-11-23)25-18-22-14-15-26(25)33-28(31)13-9-8-12-27(30)32-19-22/h5-11,14-15,18,20-21,24H,12-13,16-17,19H2,1-4H3. The molecular formula is C28H35NO4. The fourth-order valence-corrected chi connectivity index (χ4v) is 4.38.